The number of thiophene rings is 1. The monoisotopic (exact) mass is 288 g/mol. The number of carbonyl (C=O) groups is 1. The number of nitrogens with one attached hydrogen (secondary N) is 2. The molecule has 6 heteroatoms. The smallest absolute Gasteiger partial charge is 0.315 e. The second-order valence-electron chi connectivity index (χ2n) is 4.49. The average Bonchev–Trinajstić information content (AvgIpc) is 2.70. The molecule has 0 aliphatic rings. The second-order valence-corrected chi connectivity index (χ2v) is 6.36. The van der Waals surface area contributed by atoms with Gasteiger partial charge in [0.1, 0.15) is 0 Å². The Hall–Kier alpha value is -0.720. The molecule has 1 aromatic rings. The minimum atomic E-state index is -0.865. The van der Waals surface area contributed by atoms with Gasteiger partial charge in [0.2, 0.25) is 0 Å². The summed E-state index contributed by atoms with van der Waals surface area (Å²) in [5, 5.41) is 17.4. The number of aryl methyl sites for hydroxylation is 1. The molecule has 1 unspecified atom stereocenters. The van der Waals surface area contributed by atoms with Crippen LogP contribution in [0.4, 0.5) is 4.79 Å². The summed E-state index contributed by atoms with van der Waals surface area (Å²) in [5.41, 5.74) is 0.324. The van der Waals surface area contributed by atoms with Crippen molar-refractivity contribution in [2.24, 2.45) is 0 Å². The lowest BCUT2D eigenvalue weighted by atomic mass is 10.1. The number of hydrogen-bond acceptors (Lipinski definition) is 4. The molecule has 18 heavy (non-hydrogen) atoms. The highest BCUT2D eigenvalue weighted by Gasteiger charge is 2.20. The van der Waals surface area contributed by atoms with Crippen molar-refractivity contribution in [3.8, 4) is 0 Å². The molecule has 0 saturated carbocycles. The van der Waals surface area contributed by atoms with E-state index in [-0.39, 0.29) is 12.6 Å². The van der Waals surface area contributed by atoms with E-state index >= 15 is 0 Å². The van der Waals surface area contributed by atoms with Crippen LogP contribution in [0.3, 0.4) is 0 Å². The molecule has 1 rings (SSSR count). The molecule has 0 fully saturated rings. The number of thioether (sulfide) groups is 1. The number of carbonyl (C=O) groups excluding carboxylic acids is 1. The third kappa shape index (κ3) is 5.29. The minimum Gasteiger partial charge on any atom is -0.387 e. The van der Waals surface area contributed by atoms with Crippen LogP contribution in [-0.4, -0.2) is 35.3 Å². The maximum atomic E-state index is 11.6. The standard InChI is InChI=1S/C12H20N2O2S2/c1-9-4-5-18-10(9)6-13-11(15)14-7-12(2,16)8-17-3/h4-5,16H,6-8H2,1-3H3,(H2,13,14,15). The van der Waals surface area contributed by atoms with Gasteiger partial charge in [0, 0.05) is 17.2 Å². The Morgan fingerprint density at radius 1 is 1.56 bits per heavy atom. The van der Waals surface area contributed by atoms with Crippen LogP contribution in [0.25, 0.3) is 0 Å². The molecule has 0 radical (unpaired) electrons. The Kier molecular flexibility index (Phi) is 5.98. The largest absolute Gasteiger partial charge is 0.387 e. The first kappa shape index (κ1) is 15.3. The highest BCUT2D eigenvalue weighted by atomic mass is 32.2. The quantitative estimate of drug-likeness (QED) is 0.750. The van der Waals surface area contributed by atoms with Crippen LogP contribution in [0.2, 0.25) is 0 Å². The molecular formula is C12H20N2O2S2. The number of amides is 2. The van der Waals surface area contributed by atoms with Crippen molar-refractivity contribution in [3.63, 3.8) is 0 Å². The van der Waals surface area contributed by atoms with Crippen molar-refractivity contribution < 1.29 is 9.90 Å². The van der Waals surface area contributed by atoms with Gasteiger partial charge in [-0.3, -0.25) is 0 Å². The Bertz CT molecular complexity index is 391. The SMILES string of the molecule is CSCC(C)(O)CNC(=O)NCc1sccc1C. The number of hydrogen-bond donors (Lipinski definition) is 3. The molecule has 0 aliphatic heterocycles. The van der Waals surface area contributed by atoms with Gasteiger partial charge in [0.15, 0.2) is 0 Å². The molecule has 102 valence electrons. The fourth-order valence-corrected chi connectivity index (χ4v) is 3.01. The van der Waals surface area contributed by atoms with Crippen LogP contribution in [0.5, 0.6) is 0 Å². The zero-order valence-corrected chi connectivity index (χ0v) is 12.6. The summed E-state index contributed by atoms with van der Waals surface area (Å²) in [5.74, 6) is 0.595. The van der Waals surface area contributed by atoms with Gasteiger partial charge in [0.25, 0.3) is 0 Å². The molecular weight excluding hydrogens is 268 g/mol. The summed E-state index contributed by atoms with van der Waals surface area (Å²) in [4.78, 5) is 12.7. The number of urea groups is 1. The van der Waals surface area contributed by atoms with Crippen LogP contribution in [0.1, 0.15) is 17.4 Å². The molecule has 1 aromatic heterocycles. The number of aliphatic hydroxyl groups is 1. The predicted molar refractivity (Wildman–Crippen MR) is 78.3 cm³/mol. The zero-order chi connectivity index (χ0) is 13.6. The van der Waals surface area contributed by atoms with Gasteiger partial charge in [-0.2, -0.15) is 11.8 Å². The maximum absolute atomic E-state index is 11.6. The van der Waals surface area contributed by atoms with E-state index in [0.717, 1.165) is 4.88 Å². The molecule has 0 bridgehead atoms. The summed E-state index contributed by atoms with van der Waals surface area (Å²) in [7, 11) is 0. The third-order valence-corrected chi connectivity index (χ3v) is 4.40. The Labute approximate surface area is 116 Å². The average molecular weight is 288 g/mol. The van der Waals surface area contributed by atoms with Crippen molar-refractivity contribution in [3.05, 3.63) is 21.9 Å². The van der Waals surface area contributed by atoms with E-state index in [9.17, 15) is 9.90 Å². The fraction of sp³-hybridized carbons (Fsp3) is 0.583. The second kappa shape index (κ2) is 7.01. The third-order valence-electron chi connectivity index (χ3n) is 2.46. The van der Waals surface area contributed by atoms with Crippen LogP contribution >= 0.6 is 23.1 Å². The molecule has 0 aromatic carbocycles. The van der Waals surface area contributed by atoms with Gasteiger partial charge in [0.05, 0.1) is 12.1 Å². The lowest BCUT2D eigenvalue weighted by molar-refractivity contribution is 0.0869. The molecule has 4 nitrogen and oxygen atoms in total. The van der Waals surface area contributed by atoms with Crippen LogP contribution in [-0.2, 0) is 6.54 Å². The van der Waals surface area contributed by atoms with Crippen molar-refractivity contribution in [2.45, 2.75) is 26.0 Å². The maximum Gasteiger partial charge on any atom is 0.315 e. The van der Waals surface area contributed by atoms with Crippen molar-refractivity contribution >= 4 is 29.1 Å². The first-order valence-corrected chi connectivity index (χ1v) is 7.98. The van der Waals surface area contributed by atoms with Gasteiger partial charge in [-0.15, -0.1) is 11.3 Å². The van der Waals surface area contributed by atoms with Crippen LogP contribution in [0, 0.1) is 6.92 Å². The molecule has 0 aliphatic carbocycles. The van der Waals surface area contributed by atoms with Gasteiger partial charge in [-0.1, -0.05) is 0 Å². The first-order valence-electron chi connectivity index (χ1n) is 5.70. The molecule has 3 N–H and O–H groups in total. The summed E-state index contributed by atoms with van der Waals surface area (Å²) in [6, 6.07) is 1.78. The molecule has 0 spiro atoms. The van der Waals surface area contributed by atoms with Gasteiger partial charge < -0.3 is 15.7 Å². The Balaban J connectivity index is 2.28. The van der Waals surface area contributed by atoms with E-state index in [0.29, 0.717) is 12.3 Å². The van der Waals surface area contributed by atoms with Crippen molar-refractivity contribution in [1.29, 1.82) is 0 Å². The van der Waals surface area contributed by atoms with E-state index in [4.69, 9.17) is 0 Å². The van der Waals surface area contributed by atoms with E-state index < -0.39 is 5.60 Å². The molecule has 1 heterocycles. The van der Waals surface area contributed by atoms with Crippen molar-refractivity contribution in [1.82, 2.24) is 10.6 Å². The number of rotatable bonds is 6. The van der Waals surface area contributed by atoms with E-state index in [1.54, 1.807) is 30.0 Å². The van der Waals surface area contributed by atoms with Gasteiger partial charge >= 0.3 is 6.03 Å². The first-order chi connectivity index (χ1) is 8.44. The molecule has 0 saturated heterocycles. The van der Waals surface area contributed by atoms with E-state index in [1.165, 1.54) is 5.56 Å². The zero-order valence-electron chi connectivity index (χ0n) is 10.9. The van der Waals surface area contributed by atoms with E-state index in [1.807, 2.05) is 24.6 Å². The minimum absolute atomic E-state index is 0.246. The van der Waals surface area contributed by atoms with E-state index in [2.05, 4.69) is 10.6 Å². The lowest BCUT2D eigenvalue weighted by Crippen LogP contribution is -2.45. The van der Waals surface area contributed by atoms with Crippen molar-refractivity contribution in [2.75, 3.05) is 18.6 Å². The fourth-order valence-electron chi connectivity index (χ4n) is 1.44. The summed E-state index contributed by atoms with van der Waals surface area (Å²) >= 11 is 3.18. The highest BCUT2D eigenvalue weighted by Crippen LogP contribution is 2.14. The van der Waals surface area contributed by atoms with Gasteiger partial charge in [-0.25, -0.2) is 4.79 Å². The van der Waals surface area contributed by atoms with Gasteiger partial charge in [-0.05, 0) is 37.1 Å². The summed E-state index contributed by atoms with van der Waals surface area (Å²) < 4.78 is 0. The molecule has 1 atom stereocenters. The normalized spacial score (nSPS) is 14.0. The summed E-state index contributed by atoms with van der Waals surface area (Å²) in [6.07, 6.45) is 1.92. The highest BCUT2D eigenvalue weighted by molar-refractivity contribution is 7.98. The summed E-state index contributed by atoms with van der Waals surface area (Å²) in [6.45, 7) is 4.52. The predicted octanol–water partition coefficient (Wildman–Crippen LogP) is 1.97. The van der Waals surface area contributed by atoms with Crippen LogP contribution in [0.15, 0.2) is 11.4 Å². The topological polar surface area (TPSA) is 61.4 Å². The lowest BCUT2D eigenvalue weighted by Gasteiger charge is -2.22. The Morgan fingerprint density at radius 3 is 2.83 bits per heavy atom. The Morgan fingerprint density at radius 2 is 2.28 bits per heavy atom. The molecule has 2 amide bonds. The van der Waals surface area contributed by atoms with Crippen LogP contribution < -0.4 is 10.6 Å².